The van der Waals surface area contributed by atoms with Gasteiger partial charge in [-0.25, -0.2) is 9.50 Å². The number of nitriles is 1. The maximum Gasteiger partial charge on any atom is 0.182 e. The van der Waals surface area contributed by atoms with Crippen LogP contribution in [0.5, 0.6) is 0 Å². The fourth-order valence-corrected chi connectivity index (χ4v) is 3.99. The highest BCUT2D eigenvalue weighted by Gasteiger charge is 2.15. The van der Waals surface area contributed by atoms with Crippen LogP contribution in [0, 0.1) is 18.3 Å². The minimum Gasteiger partial charge on any atom is -0.395 e. The van der Waals surface area contributed by atoms with Crippen molar-refractivity contribution >= 4 is 5.65 Å². The van der Waals surface area contributed by atoms with Gasteiger partial charge < -0.3 is 10.4 Å². The van der Waals surface area contributed by atoms with Gasteiger partial charge in [0.05, 0.1) is 12.7 Å². The summed E-state index contributed by atoms with van der Waals surface area (Å²) >= 11 is 0. The van der Waals surface area contributed by atoms with Crippen molar-refractivity contribution in [1.82, 2.24) is 19.9 Å². The van der Waals surface area contributed by atoms with Crippen LogP contribution in [0.2, 0.25) is 0 Å². The highest BCUT2D eigenvalue weighted by atomic mass is 16.3. The Morgan fingerprint density at radius 1 is 1.09 bits per heavy atom. The molecule has 0 aliphatic rings. The summed E-state index contributed by atoms with van der Waals surface area (Å²) in [6.07, 6.45) is 4.05. The molecule has 0 bridgehead atoms. The van der Waals surface area contributed by atoms with Crippen LogP contribution < -0.4 is 5.32 Å². The van der Waals surface area contributed by atoms with Gasteiger partial charge in [-0.1, -0.05) is 48.5 Å². The topological polar surface area (TPSA) is 86.2 Å². The molecule has 0 spiro atoms. The Bertz CT molecular complexity index is 1240. The van der Waals surface area contributed by atoms with E-state index in [-0.39, 0.29) is 6.61 Å². The molecule has 2 N–H and O–H groups in total. The number of aliphatic hydroxyl groups excluding tert-OH is 1. The van der Waals surface area contributed by atoms with Gasteiger partial charge in [0.25, 0.3) is 0 Å². The molecular weight excluding hydrogens is 398 g/mol. The second kappa shape index (κ2) is 10.2. The van der Waals surface area contributed by atoms with E-state index in [9.17, 15) is 0 Å². The summed E-state index contributed by atoms with van der Waals surface area (Å²) in [6, 6.07) is 20.9. The first-order valence-electron chi connectivity index (χ1n) is 10.9. The second-order valence-corrected chi connectivity index (χ2v) is 7.83. The number of aryl methyl sites for hydroxylation is 1. The third-order valence-electron chi connectivity index (χ3n) is 5.58. The molecule has 4 rings (SSSR count). The summed E-state index contributed by atoms with van der Waals surface area (Å²) in [5.41, 5.74) is 7.48. The molecule has 0 aliphatic heterocycles. The summed E-state index contributed by atoms with van der Waals surface area (Å²) < 4.78 is 1.85. The molecule has 4 aromatic rings. The number of aromatic nitrogens is 3. The third-order valence-corrected chi connectivity index (χ3v) is 5.58. The monoisotopic (exact) mass is 425 g/mol. The average Bonchev–Trinajstić information content (AvgIpc) is 3.24. The van der Waals surface area contributed by atoms with E-state index < -0.39 is 0 Å². The molecule has 0 radical (unpaired) electrons. The first-order chi connectivity index (χ1) is 15.7. The molecule has 0 saturated heterocycles. The lowest BCUT2D eigenvalue weighted by molar-refractivity contribution is 0.292. The first kappa shape index (κ1) is 21.7. The number of hydrogen-bond acceptors (Lipinski definition) is 5. The Balaban J connectivity index is 1.75. The van der Waals surface area contributed by atoms with Crippen molar-refractivity contribution in [2.75, 3.05) is 13.2 Å². The van der Waals surface area contributed by atoms with Gasteiger partial charge in [-0.3, -0.25) is 0 Å². The predicted octanol–water partition coefficient (Wildman–Crippen LogP) is 4.30. The van der Waals surface area contributed by atoms with Crippen LogP contribution in [0.1, 0.15) is 29.5 Å². The fraction of sp³-hybridized carbons (Fsp3) is 0.269. The summed E-state index contributed by atoms with van der Waals surface area (Å²) in [5.74, 6) is 0.697. The number of pyridine rings is 1. The summed E-state index contributed by atoms with van der Waals surface area (Å²) in [5, 5.41) is 26.0. The minimum atomic E-state index is 0.0990. The van der Waals surface area contributed by atoms with E-state index >= 15 is 0 Å². The van der Waals surface area contributed by atoms with Crippen molar-refractivity contribution in [1.29, 1.82) is 5.26 Å². The van der Waals surface area contributed by atoms with Crippen molar-refractivity contribution in [2.45, 2.75) is 32.7 Å². The molecule has 162 valence electrons. The molecule has 2 aromatic carbocycles. The minimum absolute atomic E-state index is 0.0990. The molecule has 0 fully saturated rings. The third kappa shape index (κ3) is 4.70. The Hall–Kier alpha value is -3.53. The van der Waals surface area contributed by atoms with Crippen molar-refractivity contribution in [2.24, 2.45) is 0 Å². The maximum atomic E-state index is 9.05. The number of nitrogens with one attached hydrogen (secondary N) is 1. The smallest absolute Gasteiger partial charge is 0.182 e. The lowest BCUT2D eigenvalue weighted by Crippen LogP contribution is -2.18. The number of hydrogen-bond donors (Lipinski definition) is 2. The second-order valence-electron chi connectivity index (χ2n) is 7.83. The zero-order valence-electron chi connectivity index (χ0n) is 18.3. The van der Waals surface area contributed by atoms with Gasteiger partial charge in [-0.15, -0.1) is 5.10 Å². The molecule has 0 saturated carbocycles. The van der Waals surface area contributed by atoms with Crippen LogP contribution in [0.25, 0.3) is 28.2 Å². The SMILES string of the molecule is Cc1c(-c2ccccc2)cccc1-c1nc2c(CCCC#N)cc(CNCCO)cn2n1. The van der Waals surface area contributed by atoms with Crippen LogP contribution >= 0.6 is 0 Å². The van der Waals surface area contributed by atoms with Gasteiger partial charge in [-0.2, -0.15) is 5.26 Å². The van der Waals surface area contributed by atoms with E-state index in [0.29, 0.717) is 25.3 Å². The normalized spacial score (nSPS) is 11.0. The van der Waals surface area contributed by atoms with E-state index in [4.69, 9.17) is 20.5 Å². The molecule has 0 atom stereocenters. The lowest BCUT2D eigenvalue weighted by Gasteiger charge is -2.09. The predicted molar refractivity (Wildman–Crippen MR) is 126 cm³/mol. The lowest BCUT2D eigenvalue weighted by atomic mass is 9.96. The Labute approximate surface area is 188 Å². The highest BCUT2D eigenvalue weighted by molar-refractivity contribution is 5.76. The van der Waals surface area contributed by atoms with Crippen molar-refractivity contribution in [3.05, 3.63) is 77.5 Å². The van der Waals surface area contributed by atoms with E-state index in [2.05, 4.69) is 54.7 Å². The van der Waals surface area contributed by atoms with Gasteiger partial charge in [0.2, 0.25) is 0 Å². The van der Waals surface area contributed by atoms with E-state index in [1.165, 1.54) is 11.1 Å². The van der Waals surface area contributed by atoms with Crippen LogP contribution in [0.15, 0.2) is 60.8 Å². The standard InChI is InChI=1S/C26H27N5O/c1-19-23(21-8-3-2-4-9-21)11-7-12-24(19)25-29-26-22(10-5-6-13-27)16-20(17-28-14-15-32)18-31(26)30-25/h2-4,7-9,11-12,16,18,28,32H,5-6,10,14-15,17H2,1H3. The molecule has 6 heteroatoms. The quantitative estimate of drug-likeness (QED) is 0.391. The molecule has 32 heavy (non-hydrogen) atoms. The van der Waals surface area contributed by atoms with Crippen LogP contribution in [0.3, 0.4) is 0 Å². The van der Waals surface area contributed by atoms with Gasteiger partial charge >= 0.3 is 0 Å². The molecule has 6 nitrogen and oxygen atoms in total. The first-order valence-corrected chi connectivity index (χ1v) is 10.9. The molecule has 0 unspecified atom stereocenters. The van der Waals surface area contributed by atoms with Gasteiger partial charge in [0.15, 0.2) is 11.5 Å². The van der Waals surface area contributed by atoms with E-state index in [0.717, 1.165) is 40.7 Å². The molecular formula is C26H27N5O. The summed E-state index contributed by atoms with van der Waals surface area (Å²) in [4.78, 5) is 4.90. The summed E-state index contributed by atoms with van der Waals surface area (Å²) in [7, 11) is 0. The largest absolute Gasteiger partial charge is 0.395 e. The van der Waals surface area contributed by atoms with Crippen molar-refractivity contribution < 1.29 is 5.11 Å². The number of fused-ring (bicyclic) bond motifs is 1. The molecule has 2 aromatic heterocycles. The Kier molecular flexibility index (Phi) is 6.90. The zero-order valence-corrected chi connectivity index (χ0v) is 18.3. The number of unbranched alkanes of at least 4 members (excludes halogenated alkanes) is 1. The maximum absolute atomic E-state index is 9.05. The summed E-state index contributed by atoms with van der Waals surface area (Å²) in [6.45, 7) is 3.39. The van der Waals surface area contributed by atoms with Crippen molar-refractivity contribution in [3.8, 4) is 28.6 Å². The van der Waals surface area contributed by atoms with Crippen LogP contribution in [-0.4, -0.2) is 32.9 Å². The van der Waals surface area contributed by atoms with Gasteiger partial charge in [-0.05, 0) is 53.6 Å². The Morgan fingerprint density at radius 3 is 2.69 bits per heavy atom. The van der Waals surface area contributed by atoms with Gasteiger partial charge in [0, 0.05) is 31.3 Å². The van der Waals surface area contributed by atoms with Crippen LogP contribution in [-0.2, 0) is 13.0 Å². The zero-order chi connectivity index (χ0) is 22.3. The fourth-order valence-electron chi connectivity index (χ4n) is 3.99. The van der Waals surface area contributed by atoms with Gasteiger partial charge in [0.1, 0.15) is 0 Å². The van der Waals surface area contributed by atoms with E-state index in [1.54, 1.807) is 0 Å². The molecule has 0 amide bonds. The average molecular weight is 426 g/mol. The molecule has 2 heterocycles. The number of rotatable bonds is 9. The molecule has 0 aliphatic carbocycles. The highest BCUT2D eigenvalue weighted by Crippen LogP contribution is 2.31. The van der Waals surface area contributed by atoms with Crippen molar-refractivity contribution in [3.63, 3.8) is 0 Å². The number of nitrogens with zero attached hydrogens (tertiary/aromatic N) is 4. The Morgan fingerprint density at radius 2 is 1.91 bits per heavy atom. The van der Waals surface area contributed by atoms with Crippen LogP contribution in [0.4, 0.5) is 0 Å². The van der Waals surface area contributed by atoms with E-state index in [1.807, 2.05) is 28.9 Å². The number of aliphatic hydroxyl groups is 1. The number of benzene rings is 2.